The molecule has 0 unspecified atom stereocenters. The first-order valence-corrected chi connectivity index (χ1v) is 6.93. The Morgan fingerprint density at radius 2 is 1.84 bits per heavy atom. The number of aliphatic hydroxyl groups is 1. The van der Waals surface area contributed by atoms with Crippen LogP contribution in [0.25, 0.3) is 0 Å². The van der Waals surface area contributed by atoms with Crippen LogP contribution in [0.1, 0.15) is 43.4 Å². The molecular formula is C15H19N3O. The standard InChI is InChI=1S/C15H19N3O/c19-15(9-5-2-6-10-15)14-11-16-17-18(14)12-13-7-3-1-4-8-13/h1,3-4,7-8,11,19H,2,5-6,9-10,12H2. The Bertz CT molecular complexity index is 529. The molecule has 19 heavy (non-hydrogen) atoms. The van der Waals surface area contributed by atoms with E-state index >= 15 is 0 Å². The Balaban J connectivity index is 1.86. The molecule has 1 aromatic heterocycles. The summed E-state index contributed by atoms with van der Waals surface area (Å²) in [6.07, 6.45) is 6.71. The van der Waals surface area contributed by atoms with Gasteiger partial charge in [0.05, 0.1) is 18.4 Å². The lowest BCUT2D eigenvalue weighted by molar-refractivity contribution is -0.00844. The molecule has 0 radical (unpaired) electrons. The molecule has 3 rings (SSSR count). The normalized spacial score (nSPS) is 18.4. The van der Waals surface area contributed by atoms with Crippen LogP contribution in [0.5, 0.6) is 0 Å². The van der Waals surface area contributed by atoms with Crippen LogP contribution in [-0.2, 0) is 12.1 Å². The van der Waals surface area contributed by atoms with Crippen molar-refractivity contribution in [1.82, 2.24) is 15.0 Å². The minimum absolute atomic E-state index is 0.665. The first-order valence-electron chi connectivity index (χ1n) is 6.93. The zero-order valence-corrected chi connectivity index (χ0v) is 11.0. The van der Waals surface area contributed by atoms with Crippen LogP contribution in [0.3, 0.4) is 0 Å². The smallest absolute Gasteiger partial charge is 0.108 e. The van der Waals surface area contributed by atoms with Crippen LogP contribution >= 0.6 is 0 Å². The predicted molar refractivity (Wildman–Crippen MR) is 72.5 cm³/mol. The predicted octanol–water partition coefficient (Wildman–Crippen LogP) is 2.48. The molecule has 0 bridgehead atoms. The van der Waals surface area contributed by atoms with Crippen LogP contribution in [0.4, 0.5) is 0 Å². The third-order valence-corrected chi connectivity index (χ3v) is 3.95. The van der Waals surface area contributed by atoms with Crippen molar-refractivity contribution in [3.63, 3.8) is 0 Å². The van der Waals surface area contributed by atoms with Gasteiger partial charge in [0.2, 0.25) is 0 Å². The summed E-state index contributed by atoms with van der Waals surface area (Å²) in [7, 11) is 0. The molecule has 1 fully saturated rings. The van der Waals surface area contributed by atoms with E-state index in [9.17, 15) is 5.11 Å². The molecule has 1 saturated carbocycles. The first-order chi connectivity index (χ1) is 9.28. The Kier molecular flexibility index (Phi) is 3.34. The molecule has 2 aromatic rings. The highest BCUT2D eigenvalue weighted by Gasteiger charge is 2.34. The molecule has 0 aliphatic heterocycles. The molecule has 4 nitrogen and oxygen atoms in total. The highest BCUT2D eigenvalue weighted by atomic mass is 16.3. The lowest BCUT2D eigenvalue weighted by Crippen LogP contribution is -2.31. The van der Waals surface area contributed by atoms with Crippen molar-refractivity contribution in [2.45, 2.75) is 44.2 Å². The highest BCUT2D eigenvalue weighted by Crippen LogP contribution is 2.36. The van der Waals surface area contributed by atoms with Crippen molar-refractivity contribution < 1.29 is 5.11 Å². The van der Waals surface area contributed by atoms with Crippen molar-refractivity contribution >= 4 is 0 Å². The van der Waals surface area contributed by atoms with Crippen LogP contribution in [-0.4, -0.2) is 20.1 Å². The minimum atomic E-state index is -0.740. The second-order valence-corrected chi connectivity index (χ2v) is 5.35. The Morgan fingerprint density at radius 1 is 1.11 bits per heavy atom. The maximum absolute atomic E-state index is 10.8. The lowest BCUT2D eigenvalue weighted by Gasteiger charge is -2.31. The van der Waals surface area contributed by atoms with E-state index in [1.807, 2.05) is 22.9 Å². The summed E-state index contributed by atoms with van der Waals surface area (Å²) in [6.45, 7) is 0.665. The van der Waals surface area contributed by atoms with Gasteiger partial charge >= 0.3 is 0 Å². The third kappa shape index (κ3) is 2.54. The average Bonchev–Trinajstić information content (AvgIpc) is 2.90. The van der Waals surface area contributed by atoms with E-state index in [-0.39, 0.29) is 0 Å². The molecule has 0 amide bonds. The van der Waals surface area contributed by atoms with Crippen LogP contribution in [0, 0.1) is 0 Å². The van der Waals surface area contributed by atoms with E-state index < -0.39 is 5.60 Å². The molecule has 1 aromatic carbocycles. The lowest BCUT2D eigenvalue weighted by atomic mass is 9.82. The molecule has 1 aliphatic carbocycles. The highest BCUT2D eigenvalue weighted by molar-refractivity contribution is 5.17. The largest absolute Gasteiger partial charge is 0.384 e. The van der Waals surface area contributed by atoms with E-state index in [1.54, 1.807) is 6.20 Å². The van der Waals surface area contributed by atoms with Gasteiger partial charge in [-0.25, -0.2) is 4.68 Å². The van der Waals surface area contributed by atoms with Crippen molar-refractivity contribution in [2.24, 2.45) is 0 Å². The molecular weight excluding hydrogens is 238 g/mol. The summed E-state index contributed by atoms with van der Waals surface area (Å²) in [5.41, 5.74) is 1.29. The van der Waals surface area contributed by atoms with Crippen molar-refractivity contribution in [3.8, 4) is 0 Å². The fourth-order valence-electron chi connectivity index (χ4n) is 2.88. The monoisotopic (exact) mass is 257 g/mol. The van der Waals surface area contributed by atoms with E-state index in [0.717, 1.165) is 31.4 Å². The SMILES string of the molecule is OC1(c2cnnn2Cc2ccccc2)CCCCC1. The fraction of sp³-hybridized carbons (Fsp3) is 0.467. The van der Waals surface area contributed by atoms with E-state index in [1.165, 1.54) is 12.0 Å². The maximum atomic E-state index is 10.8. The van der Waals surface area contributed by atoms with Gasteiger partial charge < -0.3 is 5.11 Å². The average molecular weight is 257 g/mol. The topological polar surface area (TPSA) is 50.9 Å². The van der Waals surface area contributed by atoms with Gasteiger partial charge in [0.1, 0.15) is 5.60 Å². The molecule has 4 heteroatoms. The quantitative estimate of drug-likeness (QED) is 0.919. The summed E-state index contributed by atoms with van der Waals surface area (Å²) >= 11 is 0. The van der Waals surface area contributed by atoms with Crippen LogP contribution in [0.15, 0.2) is 36.5 Å². The second kappa shape index (κ2) is 5.13. The molecule has 0 saturated heterocycles. The zero-order chi connectivity index (χ0) is 13.1. The Labute approximate surface area is 113 Å². The number of rotatable bonds is 3. The van der Waals surface area contributed by atoms with Gasteiger partial charge in [-0.3, -0.25) is 0 Å². The minimum Gasteiger partial charge on any atom is -0.384 e. The number of hydrogen-bond acceptors (Lipinski definition) is 3. The van der Waals surface area contributed by atoms with Crippen molar-refractivity contribution in [3.05, 3.63) is 47.8 Å². The maximum Gasteiger partial charge on any atom is 0.108 e. The van der Waals surface area contributed by atoms with Gasteiger partial charge in [0.15, 0.2) is 0 Å². The molecule has 1 N–H and O–H groups in total. The van der Waals surface area contributed by atoms with E-state index in [4.69, 9.17) is 0 Å². The number of hydrogen-bond donors (Lipinski definition) is 1. The number of benzene rings is 1. The van der Waals surface area contributed by atoms with Gasteiger partial charge in [0.25, 0.3) is 0 Å². The van der Waals surface area contributed by atoms with Crippen molar-refractivity contribution in [2.75, 3.05) is 0 Å². The van der Waals surface area contributed by atoms with Gasteiger partial charge in [-0.1, -0.05) is 54.8 Å². The second-order valence-electron chi connectivity index (χ2n) is 5.35. The summed E-state index contributed by atoms with van der Waals surface area (Å²) in [5, 5.41) is 18.9. The first kappa shape index (κ1) is 12.4. The van der Waals surface area contributed by atoms with Crippen LogP contribution in [0.2, 0.25) is 0 Å². The molecule has 1 aliphatic rings. The van der Waals surface area contributed by atoms with Gasteiger partial charge in [-0.05, 0) is 18.4 Å². The summed E-state index contributed by atoms with van der Waals surface area (Å²) in [6, 6.07) is 10.2. The third-order valence-electron chi connectivity index (χ3n) is 3.95. The van der Waals surface area contributed by atoms with Crippen LogP contribution < -0.4 is 0 Å². The summed E-state index contributed by atoms with van der Waals surface area (Å²) in [5.74, 6) is 0. The molecule has 0 atom stereocenters. The number of nitrogens with zero attached hydrogens (tertiary/aromatic N) is 3. The van der Waals surface area contributed by atoms with Crippen molar-refractivity contribution in [1.29, 1.82) is 0 Å². The van der Waals surface area contributed by atoms with E-state index in [0.29, 0.717) is 6.54 Å². The van der Waals surface area contributed by atoms with Gasteiger partial charge in [-0.15, -0.1) is 5.10 Å². The summed E-state index contributed by atoms with van der Waals surface area (Å²) < 4.78 is 1.83. The Morgan fingerprint density at radius 3 is 2.58 bits per heavy atom. The molecule has 100 valence electrons. The number of aromatic nitrogens is 3. The summed E-state index contributed by atoms with van der Waals surface area (Å²) in [4.78, 5) is 0. The zero-order valence-electron chi connectivity index (χ0n) is 11.0. The van der Waals surface area contributed by atoms with Gasteiger partial charge in [-0.2, -0.15) is 0 Å². The van der Waals surface area contributed by atoms with E-state index in [2.05, 4.69) is 22.4 Å². The fourth-order valence-corrected chi connectivity index (χ4v) is 2.88. The molecule has 1 heterocycles. The van der Waals surface area contributed by atoms with Gasteiger partial charge in [0, 0.05) is 0 Å². The molecule has 0 spiro atoms. The Hall–Kier alpha value is -1.68.